The molecule has 0 aromatic heterocycles. The third-order valence-electron chi connectivity index (χ3n) is 14.7. The zero-order chi connectivity index (χ0) is 59.2. The third-order valence-corrected chi connectivity index (χ3v) is 14.7. The Balaban J connectivity index is 1.67. The van der Waals surface area contributed by atoms with E-state index in [0.29, 0.717) is 12.8 Å². The molecule has 2 aliphatic heterocycles. The molecule has 2 aliphatic rings. The maximum Gasteiger partial charge on any atom is 0.247 e. The van der Waals surface area contributed by atoms with Gasteiger partial charge in [-0.1, -0.05) is 48.0 Å². The Bertz CT molecular complexity index is 2210. The number of carbonyl (C=O) groups is 8. The molecule has 0 aliphatic carbocycles. The van der Waals surface area contributed by atoms with Gasteiger partial charge in [0.2, 0.25) is 41.4 Å². The summed E-state index contributed by atoms with van der Waals surface area (Å²) in [7, 11) is 1.28. The molecule has 2 fully saturated rings. The van der Waals surface area contributed by atoms with Crippen LogP contribution in [0.5, 0.6) is 11.5 Å². The molecule has 0 unspecified atom stereocenters. The van der Waals surface area contributed by atoms with Crippen LogP contribution in [-0.4, -0.2) is 194 Å². The van der Waals surface area contributed by atoms with E-state index >= 15 is 0 Å². The van der Waals surface area contributed by atoms with Crippen molar-refractivity contribution in [3.63, 3.8) is 0 Å². The molecule has 0 saturated carbocycles. The maximum atomic E-state index is 14.2. The van der Waals surface area contributed by atoms with Crippen molar-refractivity contribution in [1.29, 1.82) is 0 Å². The zero-order valence-electron chi connectivity index (χ0n) is 46.5. The number of phenolic OH excluding ortho intramolecular Hbond substituents is 2. The number of nitrogens with one attached hydrogen (secondary N) is 7. The summed E-state index contributed by atoms with van der Waals surface area (Å²) in [6, 6.07) is -6.76. The summed E-state index contributed by atoms with van der Waals surface area (Å²) in [6.45, 7) is 15.7. The van der Waals surface area contributed by atoms with Gasteiger partial charge in [-0.2, -0.15) is 0 Å². The van der Waals surface area contributed by atoms with Gasteiger partial charge in [0, 0.05) is 24.5 Å². The van der Waals surface area contributed by atoms with Crippen molar-refractivity contribution in [3.8, 4) is 11.5 Å². The van der Waals surface area contributed by atoms with Crippen molar-refractivity contribution in [2.45, 2.75) is 193 Å². The van der Waals surface area contributed by atoms with Gasteiger partial charge in [0.1, 0.15) is 71.9 Å². The Morgan fingerprint density at radius 3 is 1.99 bits per heavy atom. The van der Waals surface area contributed by atoms with E-state index in [2.05, 4.69) is 37.2 Å². The quantitative estimate of drug-likeness (QED) is 0.0474. The number of hydrogen-bond donors (Lipinski definition) is 15. The predicted molar refractivity (Wildman–Crippen MR) is 277 cm³/mol. The highest BCUT2D eigenvalue weighted by atomic mass is 16.7. The molecule has 2 saturated heterocycles. The van der Waals surface area contributed by atoms with Gasteiger partial charge in [0.15, 0.2) is 6.29 Å². The maximum absolute atomic E-state index is 14.2. The molecule has 0 bridgehead atoms. The molecule has 7 amide bonds. The highest BCUT2D eigenvalue weighted by molar-refractivity contribution is 6.01. The van der Waals surface area contributed by atoms with Crippen LogP contribution in [0.1, 0.15) is 112 Å². The third kappa shape index (κ3) is 18.0. The van der Waals surface area contributed by atoms with Crippen molar-refractivity contribution in [2.75, 3.05) is 20.3 Å². The summed E-state index contributed by atoms with van der Waals surface area (Å²) in [6.07, 6.45) is -11.2. The first-order valence-electron chi connectivity index (χ1n) is 26.4. The number of phenols is 2. The summed E-state index contributed by atoms with van der Waals surface area (Å²) >= 11 is 0. The molecule has 15 N–H and O–H groups in total. The highest BCUT2D eigenvalue weighted by Gasteiger charge is 2.47. The Labute approximate surface area is 454 Å². The molecule has 20 atom stereocenters. The van der Waals surface area contributed by atoms with Gasteiger partial charge in [0.05, 0.1) is 50.0 Å². The van der Waals surface area contributed by atoms with Gasteiger partial charge in [-0.05, 0) is 82.9 Å². The second-order valence-corrected chi connectivity index (χ2v) is 21.3. The first-order valence-corrected chi connectivity index (χ1v) is 26.4. The first kappa shape index (κ1) is 66.7. The van der Waals surface area contributed by atoms with E-state index < -0.39 is 193 Å². The van der Waals surface area contributed by atoms with Crippen LogP contribution in [-0.2, 0) is 52.6 Å². The fraction of sp³-hybridized carbons (Fsp3) is 0.731. The second-order valence-electron chi connectivity index (χ2n) is 21.3. The minimum absolute atomic E-state index is 0.0656. The standard InChI is InChI=1S/C52H85N7O19/c1-13-22(3)38-48(72)53-19-37(67)54-27(8)39(49(73)59-41(51(75)57-38)31-16-33(64)25(6)34(65)17-31)58-47(71)28(9)55-50(74)40(29(10)61)56-36(66)18-32(63)23(4)14-21(2)15-24(5)42(68)26(7)45(30(11)62)78-52-44(70)43(69)46(76-12)35(20-60)77-52/h16-17,21-24,26-30,35,38-46,52,60-62,64-65,68-70H,13-15,18-20H2,1-12H3,(H,53,72)(H,54,67)(H,55,74)(H,56,66)(H,57,75)(H,58,71)(H,59,73)/t21-,22+,23+,24-,26-,27-,28+,29-,30-,35-,38+,39-,40-,41+,42+,43-,44-,45-,46-,52+/m1/s1. The summed E-state index contributed by atoms with van der Waals surface area (Å²) < 4.78 is 16.7. The van der Waals surface area contributed by atoms with Gasteiger partial charge in [-0.15, -0.1) is 0 Å². The fourth-order valence-electron chi connectivity index (χ4n) is 9.64. The predicted octanol–water partition coefficient (Wildman–Crippen LogP) is -2.55. The van der Waals surface area contributed by atoms with Crippen LogP contribution in [0, 0.1) is 36.5 Å². The monoisotopic (exact) mass is 1110 g/mol. The van der Waals surface area contributed by atoms with Crippen LogP contribution in [0.3, 0.4) is 0 Å². The van der Waals surface area contributed by atoms with Gasteiger partial charge in [-0.3, -0.25) is 38.4 Å². The molecule has 0 spiro atoms. The molecular weight excluding hydrogens is 1030 g/mol. The lowest BCUT2D eigenvalue weighted by Crippen LogP contribution is -2.62. The average Bonchev–Trinajstić information content (AvgIpc) is 3.38. The second kappa shape index (κ2) is 30.1. The number of methoxy groups -OCH3 is 1. The number of rotatable bonds is 24. The smallest absolute Gasteiger partial charge is 0.247 e. The van der Waals surface area contributed by atoms with E-state index in [1.54, 1.807) is 34.6 Å². The topological polar surface area (TPSA) is 410 Å². The Morgan fingerprint density at radius 1 is 0.821 bits per heavy atom. The summed E-state index contributed by atoms with van der Waals surface area (Å²) in [5.41, 5.74) is -0.0445. The molecule has 26 nitrogen and oxygen atoms in total. The lowest BCUT2D eigenvalue weighted by atomic mass is 9.80. The first-order chi connectivity index (χ1) is 36.4. The fourth-order valence-corrected chi connectivity index (χ4v) is 9.64. The lowest BCUT2D eigenvalue weighted by Gasteiger charge is -2.44. The van der Waals surface area contributed by atoms with Crippen molar-refractivity contribution >= 4 is 47.1 Å². The number of amides is 7. The van der Waals surface area contributed by atoms with Gasteiger partial charge >= 0.3 is 0 Å². The normalized spacial score (nSPS) is 27.7. The Kier molecular flexibility index (Phi) is 25.8. The van der Waals surface area contributed by atoms with E-state index in [0.717, 1.165) is 12.1 Å². The molecule has 26 heteroatoms. The summed E-state index contributed by atoms with van der Waals surface area (Å²) in [4.78, 5) is 108. The van der Waals surface area contributed by atoms with Crippen molar-refractivity contribution in [3.05, 3.63) is 23.3 Å². The van der Waals surface area contributed by atoms with E-state index in [-0.39, 0.29) is 23.5 Å². The number of Topliss-reactive ketones (excluding diaryl/α,β-unsaturated/α-hetero) is 1. The summed E-state index contributed by atoms with van der Waals surface area (Å²) in [5, 5.41) is 102. The van der Waals surface area contributed by atoms with E-state index in [1.807, 2.05) is 6.92 Å². The van der Waals surface area contributed by atoms with Crippen LogP contribution in [0.25, 0.3) is 0 Å². The van der Waals surface area contributed by atoms with E-state index in [4.69, 9.17) is 14.2 Å². The van der Waals surface area contributed by atoms with Gasteiger partial charge < -0.3 is 92.3 Å². The van der Waals surface area contributed by atoms with Crippen LogP contribution in [0.2, 0.25) is 0 Å². The number of benzene rings is 1. The Morgan fingerprint density at radius 2 is 1.44 bits per heavy atom. The number of carbonyl (C=O) groups excluding carboxylic acids is 8. The number of hydrogen-bond acceptors (Lipinski definition) is 19. The highest BCUT2D eigenvalue weighted by Crippen LogP contribution is 2.33. The minimum atomic E-state index is -1.69. The van der Waals surface area contributed by atoms with Gasteiger partial charge in [0.25, 0.3) is 0 Å². The van der Waals surface area contributed by atoms with Crippen LogP contribution < -0.4 is 37.2 Å². The minimum Gasteiger partial charge on any atom is -0.508 e. The van der Waals surface area contributed by atoms with Gasteiger partial charge in [-0.25, -0.2) is 0 Å². The number of ether oxygens (including phenoxy) is 3. The number of ketones is 1. The molecule has 78 heavy (non-hydrogen) atoms. The molecule has 0 radical (unpaired) electrons. The summed E-state index contributed by atoms with van der Waals surface area (Å²) in [5.74, 6) is -10.4. The van der Waals surface area contributed by atoms with Crippen molar-refractivity contribution < 1.29 is 93.4 Å². The van der Waals surface area contributed by atoms with Crippen LogP contribution in [0.15, 0.2) is 12.1 Å². The molecule has 2 heterocycles. The van der Waals surface area contributed by atoms with Crippen LogP contribution in [0.4, 0.5) is 0 Å². The molecule has 3 rings (SSSR count). The number of aliphatic hydroxyl groups excluding tert-OH is 6. The molecule has 1 aromatic rings. The zero-order valence-corrected chi connectivity index (χ0v) is 46.5. The SMILES string of the molecule is CC[C@H](C)[C@@H]1NC(=O)[C@H](c2cc(O)c(C)c(O)c2)NC(=O)[C@H](NC(=O)[C@H](C)NC(=O)[C@H](NC(=O)CC(=O)[C@@H](C)C[C@@H](C)C[C@@H](C)[C@H](O)[C@@H](C)[C@@H](O[C@@H]2O[C@H](CO)[C@@H](OC)[C@H](O)[C@H]2O)[C@@H](C)O)[C@@H](C)O)[C@@H](C)NC(=O)CNC1=O. The van der Waals surface area contributed by atoms with Crippen molar-refractivity contribution in [1.82, 2.24) is 37.2 Å². The largest absolute Gasteiger partial charge is 0.508 e. The lowest BCUT2D eigenvalue weighted by molar-refractivity contribution is -0.325. The number of aliphatic hydroxyl groups is 6. The molecular formula is C52H85N7O19. The molecule has 442 valence electrons. The van der Waals surface area contributed by atoms with Crippen molar-refractivity contribution in [2.24, 2.45) is 29.6 Å². The van der Waals surface area contributed by atoms with E-state index in [1.165, 1.54) is 41.7 Å². The average molecular weight is 1110 g/mol. The number of aromatic hydroxyl groups is 2. The Hall–Kier alpha value is -5.58. The van der Waals surface area contributed by atoms with Crippen LogP contribution >= 0.6 is 0 Å². The van der Waals surface area contributed by atoms with E-state index in [9.17, 15) is 79.2 Å². The molecule has 1 aromatic carbocycles.